The van der Waals surface area contributed by atoms with Crippen LogP contribution in [0.4, 0.5) is 0 Å². The maximum Gasteiger partial charge on any atom is 0.223 e. The van der Waals surface area contributed by atoms with Gasteiger partial charge in [0, 0.05) is 32.5 Å². The van der Waals surface area contributed by atoms with Crippen LogP contribution >= 0.6 is 23.7 Å². The summed E-state index contributed by atoms with van der Waals surface area (Å²) in [4.78, 5) is 19.1. The molecule has 0 spiro atoms. The number of halogens is 1. The van der Waals surface area contributed by atoms with Crippen molar-refractivity contribution >= 4 is 39.9 Å². The smallest absolute Gasteiger partial charge is 0.223 e. The third kappa shape index (κ3) is 5.53. The van der Waals surface area contributed by atoms with Gasteiger partial charge in [-0.05, 0) is 24.1 Å². The summed E-state index contributed by atoms with van der Waals surface area (Å²) in [5.41, 5.74) is 7.94. The number of hydrogen-bond donors (Lipinski definition) is 1. The highest BCUT2D eigenvalue weighted by molar-refractivity contribution is 7.18. The first kappa shape index (κ1) is 20.4. The molecule has 0 saturated heterocycles. The lowest BCUT2D eigenvalue weighted by atomic mass is 10.1. The van der Waals surface area contributed by atoms with Crippen LogP contribution in [0.2, 0.25) is 0 Å². The van der Waals surface area contributed by atoms with Crippen molar-refractivity contribution in [2.75, 3.05) is 19.6 Å². The zero-order valence-corrected chi connectivity index (χ0v) is 16.3. The molecule has 1 heterocycles. The maximum absolute atomic E-state index is 12.6. The molecule has 0 atom stereocenters. The van der Waals surface area contributed by atoms with E-state index in [1.54, 1.807) is 11.3 Å². The van der Waals surface area contributed by atoms with Gasteiger partial charge in [-0.2, -0.15) is 0 Å². The minimum Gasteiger partial charge on any atom is -0.341 e. The van der Waals surface area contributed by atoms with Crippen molar-refractivity contribution in [3.8, 4) is 0 Å². The fraction of sp³-hybridized carbons (Fsp3) is 0.300. The molecule has 0 fully saturated rings. The van der Waals surface area contributed by atoms with Crippen LogP contribution in [-0.2, 0) is 17.6 Å². The summed E-state index contributed by atoms with van der Waals surface area (Å²) in [5, 5.41) is 1.02. The summed E-state index contributed by atoms with van der Waals surface area (Å²) in [5.74, 6) is 0.153. The largest absolute Gasteiger partial charge is 0.341 e. The molecule has 0 radical (unpaired) electrons. The normalized spacial score (nSPS) is 10.5. The number of carbonyl (C=O) groups is 1. The maximum atomic E-state index is 12.6. The molecule has 0 bridgehead atoms. The average molecular weight is 390 g/mol. The molecular weight excluding hydrogens is 366 g/mol. The molecule has 4 nitrogen and oxygen atoms in total. The number of thiazole rings is 1. The van der Waals surface area contributed by atoms with Gasteiger partial charge in [-0.15, -0.1) is 23.7 Å². The Bertz CT molecular complexity index is 789. The van der Waals surface area contributed by atoms with E-state index in [0.29, 0.717) is 32.5 Å². The third-order valence-corrected chi connectivity index (χ3v) is 5.25. The number of aryl methyl sites for hydroxylation is 1. The lowest BCUT2D eigenvalue weighted by molar-refractivity contribution is -0.131. The van der Waals surface area contributed by atoms with Crippen molar-refractivity contribution in [1.29, 1.82) is 0 Å². The van der Waals surface area contributed by atoms with Gasteiger partial charge in [-0.25, -0.2) is 4.98 Å². The van der Waals surface area contributed by atoms with E-state index in [1.807, 2.05) is 41.3 Å². The minimum absolute atomic E-state index is 0. The Labute approximate surface area is 164 Å². The zero-order chi connectivity index (χ0) is 17.5. The Kier molecular flexibility index (Phi) is 8.04. The zero-order valence-electron chi connectivity index (χ0n) is 14.6. The Morgan fingerprint density at radius 3 is 2.46 bits per heavy atom. The van der Waals surface area contributed by atoms with E-state index in [9.17, 15) is 4.79 Å². The lowest BCUT2D eigenvalue weighted by Crippen LogP contribution is -2.37. The van der Waals surface area contributed by atoms with Gasteiger partial charge in [-0.3, -0.25) is 4.79 Å². The van der Waals surface area contributed by atoms with Crippen molar-refractivity contribution in [3.05, 3.63) is 65.2 Å². The molecule has 0 aliphatic carbocycles. The molecule has 26 heavy (non-hydrogen) atoms. The molecule has 2 N–H and O–H groups in total. The molecule has 0 saturated carbocycles. The quantitative estimate of drug-likeness (QED) is 0.639. The van der Waals surface area contributed by atoms with Crippen molar-refractivity contribution in [2.45, 2.75) is 19.3 Å². The fourth-order valence-corrected chi connectivity index (χ4v) is 3.79. The number of benzene rings is 2. The van der Waals surface area contributed by atoms with Gasteiger partial charge in [0.25, 0.3) is 0 Å². The molecule has 2 aromatic carbocycles. The van der Waals surface area contributed by atoms with Crippen LogP contribution in [0.3, 0.4) is 0 Å². The van der Waals surface area contributed by atoms with E-state index in [0.717, 1.165) is 16.9 Å². The molecule has 3 aromatic rings. The van der Waals surface area contributed by atoms with Gasteiger partial charge in [0.2, 0.25) is 5.91 Å². The van der Waals surface area contributed by atoms with Gasteiger partial charge in [0.15, 0.2) is 0 Å². The van der Waals surface area contributed by atoms with Crippen LogP contribution in [0.15, 0.2) is 54.6 Å². The second-order valence-electron chi connectivity index (χ2n) is 5.98. The highest BCUT2D eigenvalue weighted by Gasteiger charge is 2.14. The standard InChI is InChI=1S/C20H23N3OS.ClH/c21-13-15-23(14-12-16-6-2-1-3-7-16)20(24)11-10-19-22-17-8-4-5-9-18(17)25-19;/h1-9H,10-15,21H2;1H. The first-order valence-electron chi connectivity index (χ1n) is 8.62. The van der Waals surface area contributed by atoms with Crippen LogP contribution in [0.25, 0.3) is 10.2 Å². The Morgan fingerprint density at radius 2 is 1.73 bits per heavy atom. The number of nitrogens with zero attached hydrogens (tertiary/aromatic N) is 2. The van der Waals surface area contributed by atoms with E-state index in [-0.39, 0.29) is 18.3 Å². The minimum atomic E-state index is 0. The van der Waals surface area contributed by atoms with E-state index >= 15 is 0 Å². The van der Waals surface area contributed by atoms with Crippen LogP contribution in [0, 0.1) is 0 Å². The Balaban J connectivity index is 0.00000243. The van der Waals surface area contributed by atoms with E-state index in [2.05, 4.69) is 23.2 Å². The molecule has 138 valence electrons. The summed E-state index contributed by atoms with van der Waals surface area (Å²) in [6, 6.07) is 18.3. The summed E-state index contributed by atoms with van der Waals surface area (Å²) in [6.45, 7) is 1.80. The van der Waals surface area contributed by atoms with Crippen LogP contribution in [0.5, 0.6) is 0 Å². The first-order valence-corrected chi connectivity index (χ1v) is 9.44. The van der Waals surface area contributed by atoms with Crippen molar-refractivity contribution in [3.63, 3.8) is 0 Å². The average Bonchev–Trinajstić information content (AvgIpc) is 3.07. The van der Waals surface area contributed by atoms with E-state index in [1.165, 1.54) is 10.3 Å². The highest BCUT2D eigenvalue weighted by atomic mass is 35.5. The first-order chi connectivity index (χ1) is 12.3. The molecule has 0 aliphatic rings. The van der Waals surface area contributed by atoms with Crippen molar-refractivity contribution < 1.29 is 4.79 Å². The number of fused-ring (bicyclic) bond motifs is 1. The molecule has 3 rings (SSSR count). The molecule has 1 amide bonds. The number of para-hydroxylation sites is 1. The SMILES string of the molecule is Cl.NCCN(CCc1ccccc1)C(=O)CCc1nc2ccccc2s1. The summed E-state index contributed by atoms with van der Waals surface area (Å²) in [6.07, 6.45) is 2.02. The second kappa shape index (κ2) is 10.3. The summed E-state index contributed by atoms with van der Waals surface area (Å²) >= 11 is 1.67. The molecular formula is C20H24ClN3OS. The molecule has 0 aliphatic heterocycles. The van der Waals surface area contributed by atoms with Gasteiger partial charge in [-0.1, -0.05) is 42.5 Å². The summed E-state index contributed by atoms with van der Waals surface area (Å²) < 4.78 is 1.17. The van der Waals surface area contributed by atoms with E-state index in [4.69, 9.17) is 5.73 Å². The lowest BCUT2D eigenvalue weighted by Gasteiger charge is -2.22. The number of carbonyl (C=O) groups excluding carboxylic acids is 1. The van der Waals surface area contributed by atoms with Crippen molar-refractivity contribution in [1.82, 2.24) is 9.88 Å². The van der Waals surface area contributed by atoms with E-state index < -0.39 is 0 Å². The van der Waals surface area contributed by atoms with Crippen LogP contribution in [-0.4, -0.2) is 35.4 Å². The highest BCUT2D eigenvalue weighted by Crippen LogP contribution is 2.22. The van der Waals surface area contributed by atoms with Gasteiger partial charge < -0.3 is 10.6 Å². The Hall–Kier alpha value is -1.95. The molecule has 6 heteroatoms. The fourth-order valence-electron chi connectivity index (χ4n) is 2.82. The third-order valence-electron chi connectivity index (χ3n) is 4.16. The topological polar surface area (TPSA) is 59.2 Å². The van der Waals surface area contributed by atoms with Crippen LogP contribution < -0.4 is 5.73 Å². The summed E-state index contributed by atoms with van der Waals surface area (Å²) in [7, 11) is 0. The number of amides is 1. The monoisotopic (exact) mass is 389 g/mol. The number of rotatable bonds is 8. The number of nitrogens with two attached hydrogens (primary N) is 1. The van der Waals surface area contributed by atoms with Gasteiger partial charge in [0.1, 0.15) is 0 Å². The molecule has 1 aromatic heterocycles. The predicted molar refractivity (Wildman–Crippen MR) is 111 cm³/mol. The molecule has 0 unspecified atom stereocenters. The second-order valence-corrected chi connectivity index (χ2v) is 7.10. The number of hydrogen-bond acceptors (Lipinski definition) is 4. The number of aromatic nitrogens is 1. The van der Waals surface area contributed by atoms with Crippen LogP contribution in [0.1, 0.15) is 17.0 Å². The predicted octanol–water partition coefficient (Wildman–Crippen LogP) is 3.68. The van der Waals surface area contributed by atoms with Gasteiger partial charge >= 0.3 is 0 Å². The van der Waals surface area contributed by atoms with Gasteiger partial charge in [0.05, 0.1) is 15.2 Å². The van der Waals surface area contributed by atoms with Crippen molar-refractivity contribution in [2.24, 2.45) is 5.73 Å². The Morgan fingerprint density at radius 1 is 1.00 bits per heavy atom.